The van der Waals surface area contributed by atoms with Gasteiger partial charge in [0.15, 0.2) is 5.78 Å². The largest absolute Gasteiger partial charge is 0.468 e. The Bertz CT molecular complexity index is 1020. The van der Waals surface area contributed by atoms with E-state index in [4.69, 9.17) is 9.73 Å². The second-order valence-electron chi connectivity index (χ2n) is 8.12. The normalized spacial score (nSPS) is 23.7. The zero-order chi connectivity index (χ0) is 21.4. The van der Waals surface area contributed by atoms with Crippen LogP contribution in [0.25, 0.3) is 0 Å². The molecule has 0 radical (unpaired) electrons. The van der Waals surface area contributed by atoms with Gasteiger partial charge >= 0.3 is 5.97 Å². The maximum atomic E-state index is 13.4. The average Bonchev–Trinajstić information content (AvgIpc) is 3.26. The van der Waals surface area contributed by atoms with E-state index >= 15 is 0 Å². The fraction of sp³-hybridized carbons (Fsp3) is 0.375. The van der Waals surface area contributed by atoms with Gasteiger partial charge in [0.2, 0.25) is 0 Å². The molecule has 2 aromatic rings. The highest BCUT2D eigenvalue weighted by atomic mass is 32.1. The van der Waals surface area contributed by atoms with Crippen molar-refractivity contribution in [2.45, 2.75) is 31.6 Å². The lowest BCUT2D eigenvalue weighted by Crippen LogP contribution is -2.37. The average molecular weight is 423 g/mol. The summed E-state index contributed by atoms with van der Waals surface area (Å²) in [5.74, 6) is -1.01. The molecule has 6 heteroatoms. The standard InChI is InChI=1S/C24H26N2O3S/c1-14-21(24(28)29-4)23(20-6-5-11-30-20)22-18(25-14)12-16(13-19(22)27)15-7-9-17(10-8-15)26(2)3/h5-11,16,21,23H,12-13H2,1-4H3/t16-,21?,23-/m0/s1. The van der Waals surface area contributed by atoms with Gasteiger partial charge in [-0.15, -0.1) is 11.3 Å². The predicted molar refractivity (Wildman–Crippen MR) is 120 cm³/mol. The van der Waals surface area contributed by atoms with Crippen molar-refractivity contribution in [3.8, 4) is 0 Å². The van der Waals surface area contributed by atoms with Crippen molar-refractivity contribution in [1.29, 1.82) is 0 Å². The number of carbonyl (C=O) groups excluding carboxylic acids is 2. The summed E-state index contributed by atoms with van der Waals surface area (Å²) in [6.07, 6.45) is 1.14. The molecule has 1 unspecified atom stereocenters. The zero-order valence-corrected chi connectivity index (χ0v) is 18.5. The maximum absolute atomic E-state index is 13.4. The highest BCUT2D eigenvalue weighted by molar-refractivity contribution is 7.10. The summed E-state index contributed by atoms with van der Waals surface area (Å²) in [6, 6.07) is 12.3. The number of aliphatic imine (C=N–C) groups is 1. The zero-order valence-electron chi connectivity index (χ0n) is 17.7. The number of rotatable bonds is 4. The molecule has 3 atom stereocenters. The van der Waals surface area contributed by atoms with Crippen LogP contribution in [0.15, 0.2) is 58.0 Å². The van der Waals surface area contributed by atoms with E-state index in [2.05, 4.69) is 29.2 Å². The monoisotopic (exact) mass is 422 g/mol. The van der Waals surface area contributed by atoms with Gasteiger partial charge < -0.3 is 9.64 Å². The number of allylic oxidation sites excluding steroid dienone is 2. The second-order valence-corrected chi connectivity index (χ2v) is 9.10. The molecule has 5 nitrogen and oxygen atoms in total. The summed E-state index contributed by atoms with van der Waals surface area (Å²) in [4.78, 5) is 33.8. The molecule has 1 aromatic heterocycles. The number of carbonyl (C=O) groups is 2. The van der Waals surface area contributed by atoms with Crippen LogP contribution in [0.2, 0.25) is 0 Å². The molecule has 0 amide bonds. The lowest BCUT2D eigenvalue weighted by molar-refractivity contribution is -0.143. The molecule has 0 spiro atoms. The summed E-state index contributed by atoms with van der Waals surface area (Å²) < 4.78 is 5.07. The topological polar surface area (TPSA) is 59.0 Å². The smallest absolute Gasteiger partial charge is 0.315 e. The van der Waals surface area contributed by atoms with E-state index in [0.717, 1.165) is 27.5 Å². The number of anilines is 1. The van der Waals surface area contributed by atoms with Crippen molar-refractivity contribution in [3.05, 3.63) is 63.5 Å². The molecule has 0 N–H and O–H groups in total. The van der Waals surface area contributed by atoms with Gasteiger partial charge in [-0.3, -0.25) is 14.6 Å². The van der Waals surface area contributed by atoms with Gasteiger partial charge in [0, 0.05) is 54.0 Å². The van der Waals surface area contributed by atoms with Crippen LogP contribution in [0.4, 0.5) is 5.69 Å². The number of nitrogens with zero attached hydrogens (tertiary/aromatic N) is 2. The molecule has 1 aliphatic heterocycles. The summed E-state index contributed by atoms with van der Waals surface area (Å²) >= 11 is 1.57. The number of esters is 1. The van der Waals surface area contributed by atoms with Gasteiger partial charge in [0.1, 0.15) is 5.92 Å². The van der Waals surface area contributed by atoms with Crippen LogP contribution in [0.3, 0.4) is 0 Å². The number of hydrogen-bond acceptors (Lipinski definition) is 6. The molecule has 0 saturated carbocycles. The number of benzene rings is 1. The molecule has 1 aromatic carbocycles. The van der Waals surface area contributed by atoms with Crippen LogP contribution in [0.5, 0.6) is 0 Å². The molecule has 0 bridgehead atoms. The highest BCUT2D eigenvalue weighted by Gasteiger charge is 2.44. The van der Waals surface area contributed by atoms with Gasteiger partial charge in [-0.05, 0) is 48.4 Å². The third-order valence-electron chi connectivity index (χ3n) is 6.07. The minimum Gasteiger partial charge on any atom is -0.468 e. The Balaban J connectivity index is 1.73. The lowest BCUT2D eigenvalue weighted by atomic mass is 9.71. The predicted octanol–water partition coefficient (Wildman–Crippen LogP) is 4.56. The fourth-order valence-corrected chi connectivity index (χ4v) is 5.42. The van der Waals surface area contributed by atoms with Crippen LogP contribution in [0, 0.1) is 5.92 Å². The first kappa shape index (κ1) is 20.5. The number of Topliss-reactive ketones (excluding diaryl/α,β-unsaturated/α-hetero) is 1. The molecule has 0 saturated heterocycles. The van der Waals surface area contributed by atoms with Crippen LogP contribution >= 0.6 is 11.3 Å². The van der Waals surface area contributed by atoms with Crippen molar-refractivity contribution < 1.29 is 14.3 Å². The minimum absolute atomic E-state index is 0.0847. The van der Waals surface area contributed by atoms with E-state index in [0.29, 0.717) is 18.4 Å². The van der Waals surface area contributed by atoms with Crippen molar-refractivity contribution in [1.82, 2.24) is 0 Å². The van der Waals surface area contributed by atoms with Crippen LogP contribution in [-0.2, 0) is 14.3 Å². The summed E-state index contributed by atoms with van der Waals surface area (Å²) in [6.45, 7) is 1.87. The number of hydrogen-bond donors (Lipinski definition) is 0. The number of ketones is 1. The van der Waals surface area contributed by atoms with E-state index in [9.17, 15) is 9.59 Å². The Kier molecular flexibility index (Phi) is 5.60. The van der Waals surface area contributed by atoms with E-state index in [1.54, 1.807) is 11.3 Å². The van der Waals surface area contributed by atoms with Crippen molar-refractivity contribution in [3.63, 3.8) is 0 Å². The minimum atomic E-state index is -0.549. The first-order valence-electron chi connectivity index (χ1n) is 10.1. The summed E-state index contributed by atoms with van der Waals surface area (Å²) in [5.41, 5.74) is 4.51. The molecular weight excluding hydrogens is 396 g/mol. The molecule has 4 rings (SSSR count). The molecular formula is C24H26N2O3S. The Morgan fingerprint density at radius 2 is 1.90 bits per heavy atom. The van der Waals surface area contributed by atoms with E-state index in [-0.39, 0.29) is 23.6 Å². The van der Waals surface area contributed by atoms with Gasteiger partial charge in [-0.2, -0.15) is 0 Å². The van der Waals surface area contributed by atoms with Gasteiger partial charge in [-0.1, -0.05) is 18.2 Å². The highest BCUT2D eigenvalue weighted by Crippen LogP contribution is 2.47. The first-order valence-corrected chi connectivity index (χ1v) is 11.0. The first-order chi connectivity index (χ1) is 14.4. The van der Waals surface area contributed by atoms with Crippen LogP contribution < -0.4 is 4.90 Å². The number of methoxy groups -OCH3 is 1. The van der Waals surface area contributed by atoms with E-state index in [1.165, 1.54) is 7.11 Å². The van der Waals surface area contributed by atoms with Gasteiger partial charge in [0.05, 0.1) is 7.11 Å². The second kappa shape index (κ2) is 8.19. The Hall–Kier alpha value is -2.73. The third kappa shape index (κ3) is 3.60. The Morgan fingerprint density at radius 3 is 2.50 bits per heavy atom. The molecule has 156 valence electrons. The molecule has 0 fully saturated rings. The molecule has 1 aliphatic carbocycles. The third-order valence-corrected chi connectivity index (χ3v) is 7.03. The van der Waals surface area contributed by atoms with E-state index in [1.807, 2.05) is 38.5 Å². The SMILES string of the molecule is COC(=O)C1C(C)=NC2=C(C(=O)C[C@@H](c3ccc(N(C)C)cc3)C2)[C@H]1c1cccs1. The summed E-state index contributed by atoms with van der Waals surface area (Å²) in [5, 5.41) is 1.98. The van der Waals surface area contributed by atoms with Crippen molar-refractivity contribution in [2.24, 2.45) is 10.9 Å². The van der Waals surface area contributed by atoms with Gasteiger partial charge in [0.25, 0.3) is 0 Å². The fourth-order valence-electron chi connectivity index (χ4n) is 4.55. The van der Waals surface area contributed by atoms with Crippen molar-refractivity contribution in [2.75, 3.05) is 26.1 Å². The molecule has 2 heterocycles. The quantitative estimate of drug-likeness (QED) is 0.678. The maximum Gasteiger partial charge on any atom is 0.315 e. The Labute approximate surface area is 181 Å². The number of ether oxygens (including phenoxy) is 1. The van der Waals surface area contributed by atoms with Gasteiger partial charge in [-0.25, -0.2) is 0 Å². The van der Waals surface area contributed by atoms with E-state index < -0.39 is 5.92 Å². The lowest BCUT2D eigenvalue weighted by Gasteiger charge is -2.35. The Morgan fingerprint density at radius 1 is 1.17 bits per heavy atom. The molecule has 30 heavy (non-hydrogen) atoms. The van der Waals surface area contributed by atoms with Crippen LogP contribution in [-0.4, -0.2) is 38.7 Å². The van der Waals surface area contributed by atoms with Crippen molar-refractivity contribution >= 4 is 34.5 Å². The van der Waals surface area contributed by atoms with Crippen LogP contribution in [0.1, 0.15) is 42.0 Å². The molecule has 2 aliphatic rings. The summed E-state index contributed by atoms with van der Waals surface area (Å²) in [7, 11) is 5.41. The number of thiophene rings is 1.